The van der Waals surface area contributed by atoms with E-state index in [1.165, 1.54) is 0 Å². The summed E-state index contributed by atoms with van der Waals surface area (Å²) in [4.78, 5) is 3.95. The van der Waals surface area contributed by atoms with Crippen molar-refractivity contribution >= 4 is 0 Å². The van der Waals surface area contributed by atoms with Crippen molar-refractivity contribution in [2.24, 2.45) is 5.73 Å². The first-order valence-corrected chi connectivity index (χ1v) is 3.68. The zero-order valence-corrected chi connectivity index (χ0v) is 6.98. The van der Waals surface area contributed by atoms with Gasteiger partial charge in [-0.3, -0.25) is 0 Å². The molecule has 1 aromatic heterocycles. The van der Waals surface area contributed by atoms with Gasteiger partial charge in [0.15, 0.2) is 0 Å². The molecule has 1 rings (SSSR count). The number of rotatable bonds is 4. The minimum atomic E-state index is 0. The fourth-order valence-electron chi connectivity index (χ4n) is 1.03. The third kappa shape index (κ3) is 2.48. The van der Waals surface area contributed by atoms with Crippen LogP contribution in [0.5, 0.6) is 0 Å². The lowest BCUT2D eigenvalue weighted by molar-refractivity contribution is 0.565. The molecule has 4 nitrogen and oxygen atoms in total. The summed E-state index contributed by atoms with van der Waals surface area (Å²) in [5.41, 5.74) is 5.43. The molecule has 0 fully saturated rings. The summed E-state index contributed by atoms with van der Waals surface area (Å²) in [6.45, 7) is 4.41. The Bertz CT molecular complexity index is 208. The third-order valence-electron chi connectivity index (χ3n) is 1.64. The molecule has 1 unspecified atom stereocenters. The molecule has 0 aromatic carbocycles. The summed E-state index contributed by atoms with van der Waals surface area (Å²) >= 11 is 0. The number of allylic oxidation sites excluding steroid dienone is 1. The molecule has 0 aliphatic heterocycles. The van der Waals surface area contributed by atoms with Crippen LogP contribution in [0.2, 0.25) is 0 Å². The van der Waals surface area contributed by atoms with Crippen LogP contribution in [0, 0.1) is 0 Å². The molecule has 0 bridgehead atoms. The van der Waals surface area contributed by atoms with E-state index in [0.717, 1.165) is 6.42 Å². The predicted molar refractivity (Wildman–Crippen MR) is 48.7 cm³/mol. The fraction of sp³-hybridized carbons (Fsp3) is 0.375. The van der Waals surface area contributed by atoms with Gasteiger partial charge in [0.05, 0.1) is 12.4 Å². The van der Waals surface area contributed by atoms with Gasteiger partial charge < -0.3 is 15.8 Å². The summed E-state index contributed by atoms with van der Waals surface area (Å²) in [6.07, 6.45) is 8.26. The van der Waals surface area contributed by atoms with E-state index < -0.39 is 0 Å². The van der Waals surface area contributed by atoms with E-state index in [1.54, 1.807) is 12.5 Å². The monoisotopic (exact) mass is 169 g/mol. The zero-order valence-electron chi connectivity index (χ0n) is 6.98. The number of nitrogens with zero attached hydrogens (tertiary/aromatic N) is 2. The largest absolute Gasteiger partial charge is 0.412 e. The van der Waals surface area contributed by atoms with Crippen LogP contribution in [-0.4, -0.2) is 21.6 Å². The lowest BCUT2D eigenvalue weighted by atomic mass is 10.2. The first-order chi connectivity index (χ1) is 5.38. The minimum Gasteiger partial charge on any atom is -0.412 e. The Balaban J connectivity index is 0.00000121. The molecule has 4 heteroatoms. The molecule has 1 heterocycles. The van der Waals surface area contributed by atoms with Gasteiger partial charge >= 0.3 is 0 Å². The molecular weight excluding hydrogens is 154 g/mol. The summed E-state index contributed by atoms with van der Waals surface area (Å²) in [5, 5.41) is 0. The molecule has 12 heavy (non-hydrogen) atoms. The number of nitrogens with two attached hydrogens (primary N) is 1. The Morgan fingerprint density at radius 1 is 1.67 bits per heavy atom. The first-order valence-electron chi connectivity index (χ1n) is 3.68. The standard InChI is InChI=1S/C8H13N3.H2O/c1-2-8(3-4-9)11-6-5-10-7-11;/h2,5-8H,1,3-4,9H2;1H2. The van der Waals surface area contributed by atoms with Crippen molar-refractivity contribution in [2.75, 3.05) is 6.54 Å². The molecule has 0 saturated heterocycles. The highest BCUT2D eigenvalue weighted by Crippen LogP contribution is 2.09. The molecule has 1 atom stereocenters. The number of imidazole rings is 1. The lowest BCUT2D eigenvalue weighted by Gasteiger charge is -2.11. The van der Waals surface area contributed by atoms with Crippen LogP contribution in [0.3, 0.4) is 0 Å². The van der Waals surface area contributed by atoms with Crippen molar-refractivity contribution in [3.8, 4) is 0 Å². The molecule has 0 aliphatic rings. The SMILES string of the molecule is C=CC(CCN)n1ccnc1.O. The Kier molecular flexibility index (Phi) is 4.99. The molecule has 68 valence electrons. The Hall–Kier alpha value is -1.13. The van der Waals surface area contributed by atoms with Crippen molar-refractivity contribution < 1.29 is 5.48 Å². The molecule has 1 aromatic rings. The maximum Gasteiger partial charge on any atom is 0.0951 e. The molecule has 0 aliphatic carbocycles. The molecule has 4 N–H and O–H groups in total. The molecule has 0 spiro atoms. The van der Waals surface area contributed by atoms with Crippen molar-refractivity contribution in [3.05, 3.63) is 31.4 Å². The van der Waals surface area contributed by atoms with Gasteiger partial charge in [-0.05, 0) is 13.0 Å². The highest BCUT2D eigenvalue weighted by Gasteiger charge is 2.02. The van der Waals surface area contributed by atoms with Crippen LogP contribution in [0.1, 0.15) is 12.5 Å². The number of hydrogen-bond donors (Lipinski definition) is 1. The second-order valence-electron chi connectivity index (χ2n) is 2.39. The van der Waals surface area contributed by atoms with E-state index >= 15 is 0 Å². The zero-order chi connectivity index (χ0) is 8.10. The highest BCUT2D eigenvalue weighted by atomic mass is 16.0. The first kappa shape index (κ1) is 10.9. The molecule has 0 saturated carbocycles. The summed E-state index contributed by atoms with van der Waals surface area (Å²) in [5.74, 6) is 0. The fourth-order valence-corrected chi connectivity index (χ4v) is 1.03. The molecule has 0 amide bonds. The smallest absolute Gasteiger partial charge is 0.0951 e. The maximum atomic E-state index is 5.43. The lowest BCUT2D eigenvalue weighted by Crippen LogP contribution is -2.10. The van der Waals surface area contributed by atoms with Gasteiger partial charge in [-0.2, -0.15) is 0 Å². The van der Waals surface area contributed by atoms with Crippen LogP contribution in [0.25, 0.3) is 0 Å². The van der Waals surface area contributed by atoms with Gasteiger partial charge in [0.1, 0.15) is 0 Å². The van der Waals surface area contributed by atoms with Crippen LogP contribution in [0.15, 0.2) is 31.4 Å². The summed E-state index contributed by atoms with van der Waals surface area (Å²) in [6, 6.07) is 0.294. The van der Waals surface area contributed by atoms with E-state index in [1.807, 2.05) is 16.8 Å². The number of hydrogen-bond acceptors (Lipinski definition) is 2. The minimum absolute atomic E-state index is 0. The van der Waals surface area contributed by atoms with Crippen LogP contribution >= 0.6 is 0 Å². The summed E-state index contributed by atoms with van der Waals surface area (Å²) < 4.78 is 2.00. The van der Waals surface area contributed by atoms with Gasteiger partial charge in [0, 0.05) is 12.4 Å². The van der Waals surface area contributed by atoms with E-state index in [0.29, 0.717) is 12.6 Å². The second kappa shape index (κ2) is 5.51. The topological polar surface area (TPSA) is 75.3 Å². The Morgan fingerprint density at radius 2 is 2.42 bits per heavy atom. The van der Waals surface area contributed by atoms with Crippen molar-refractivity contribution in [1.82, 2.24) is 9.55 Å². The van der Waals surface area contributed by atoms with E-state index in [4.69, 9.17) is 5.73 Å². The van der Waals surface area contributed by atoms with Crippen LogP contribution < -0.4 is 5.73 Å². The second-order valence-corrected chi connectivity index (χ2v) is 2.39. The Morgan fingerprint density at radius 3 is 2.83 bits per heavy atom. The molecular formula is C8H15N3O. The van der Waals surface area contributed by atoms with Gasteiger partial charge in [-0.1, -0.05) is 6.08 Å². The quantitative estimate of drug-likeness (QED) is 0.651. The highest BCUT2D eigenvalue weighted by molar-refractivity contribution is 4.89. The number of aromatic nitrogens is 2. The van der Waals surface area contributed by atoms with E-state index in [2.05, 4.69) is 11.6 Å². The average Bonchev–Trinajstić information content (AvgIpc) is 2.52. The maximum absolute atomic E-state index is 5.43. The van der Waals surface area contributed by atoms with Crippen LogP contribution in [-0.2, 0) is 0 Å². The third-order valence-corrected chi connectivity index (χ3v) is 1.64. The Labute approximate surface area is 72.0 Å². The van der Waals surface area contributed by atoms with Crippen molar-refractivity contribution in [3.63, 3.8) is 0 Å². The van der Waals surface area contributed by atoms with Gasteiger partial charge in [0.2, 0.25) is 0 Å². The average molecular weight is 169 g/mol. The normalized spacial score (nSPS) is 11.8. The van der Waals surface area contributed by atoms with Gasteiger partial charge in [0.25, 0.3) is 0 Å². The van der Waals surface area contributed by atoms with Gasteiger partial charge in [-0.15, -0.1) is 6.58 Å². The summed E-state index contributed by atoms with van der Waals surface area (Å²) in [7, 11) is 0. The predicted octanol–water partition coefficient (Wildman–Crippen LogP) is 0.134. The van der Waals surface area contributed by atoms with Crippen molar-refractivity contribution in [2.45, 2.75) is 12.5 Å². The van der Waals surface area contributed by atoms with Gasteiger partial charge in [-0.25, -0.2) is 4.98 Å². The van der Waals surface area contributed by atoms with Crippen molar-refractivity contribution in [1.29, 1.82) is 0 Å². The van der Waals surface area contributed by atoms with E-state index in [9.17, 15) is 0 Å². The van der Waals surface area contributed by atoms with E-state index in [-0.39, 0.29) is 5.48 Å². The van der Waals surface area contributed by atoms with Crippen LogP contribution in [0.4, 0.5) is 0 Å². The molecule has 0 radical (unpaired) electrons.